The van der Waals surface area contributed by atoms with Gasteiger partial charge in [0, 0.05) is 37.3 Å². The summed E-state index contributed by atoms with van der Waals surface area (Å²) in [5.41, 5.74) is 2.79. The fourth-order valence-corrected chi connectivity index (χ4v) is 5.01. The van der Waals surface area contributed by atoms with Crippen LogP contribution in [0, 0.1) is 0 Å². The maximum Gasteiger partial charge on any atom is 0.251 e. The lowest BCUT2D eigenvalue weighted by Gasteiger charge is -2.26. The highest BCUT2D eigenvalue weighted by molar-refractivity contribution is 7.89. The predicted octanol–water partition coefficient (Wildman–Crippen LogP) is 1.38. The van der Waals surface area contributed by atoms with E-state index in [2.05, 4.69) is 27.8 Å². The number of rotatable bonds is 7. The number of nitrogens with zero attached hydrogens (tertiary/aromatic N) is 2. The third-order valence-corrected chi connectivity index (χ3v) is 7.25. The van der Waals surface area contributed by atoms with Gasteiger partial charge in [0.2, 0.25) is 10.0 Å². The lowest BCUT2D eigenvalue weighted by Crippen LogP contribution is -2.40. The summed E-state index contributed by atoms with van der Waals surface area (Å²) in [6, 6.07) is 14.2. The van der Waals surface area contributed by atoms with E-state index in [9.17, 15) is 13.2 Å². The van der Waals surface area contributed by atoms with Gasteiger partial charge in [0.15, 0.2) is 0 Å². The molecule has 0 bridgehead atoms. The van der Waals surface area contributed by atoms with Gasteiger partial charge in [-0.05, 0) is 36.2 Å². The monoisotopic (exact) mass is 442 g/mol. The fraction of sp³-hybridized carbons (Fsp3) is 0.364. The fourth-order valence-electron chi connectivity index (χ4n) is 3.60. The smallest absolute Gasteiger partial charge is 0.251 e. The molecule has 2 aliphatic rings. The van der Waals surface area contributed by atoms with Crippen molar-refractivity contribution in [2.45, 2.75) is 17.9 Å². The summed E-state index contributed by atoms with van der Waals surface area (Å²) < 4.78 is 31.9. The number of amides is 1. The highest BCUT2D eigenvalue weighted by atomic mass is 32.2. The molecule has 164 valence electrons. The Labute approximate surface area is 182 Å². The number of hydrogen-bond donors (Lipinski definition) is 2. The Morgan fingerprint density at radius 1 is 1.03 bits per heavy atom. The maximum atomic E-state index is 12.7. The first-order chi connectivity index (χ1) is 15.1. The molecule has 0 unspecified atom stereocenters. The predicted molar refractivity (Wildman–Crippen MR) is 118 cm³/mol. The van der Waals surface area contributed by atoms with Gasteiger partial charge in [0.1, 0.15) is 5.84 Å². The average Bonchev–Trinajstić information content (AvgIpc) is 3.22. The lowest BCUT2D eigenvalue weighted by molar-refractivity contribution is 0.0730. The van der Waals surface area contributed by atoms with Crippen LogP contribution in [0.1, 0.15) is 27.9 Å². The zero-order valence-electron chi connectivity index (χ0n) is 17.2. The minimum absolute atomic E-state index is 0.188. The molecule has 8 nitrogen and oxygen atoms in total. The maximum absolute atomic E-state index is 12.7. The number of benzene rings is 2. The minimum atomic E-state index is -3.56. The third-order valence-electron chi connectivity index (χ3n) is 5.34. The van der Waals surface area contributed by atoms with Gasteiger partial charge < -0.3 is 15.4 Å². The summed E-state index contributed by atoms with van der Waals surface area (Å²) in [7, 11) is -3.56. The Morgan fingerprint density at radius 2 is 1.77 bits per heavy atom. The first-order valence-electron chi connectivity index (χ1n) is 10.4. The number of amidine groups is 1. The van der Waals surface area contributed by atoms with Crippen molar-refractivity contribution in [2.75, 3.05) is 39.4 Å². The molecule has 1 saturated heterocycles. The number of carbonyl (C=O) groups excluding carboxylic acids is 1. The molecule has 0 saturated carbocycles. The molecule has 9 heteroatoms. The first kappa shape index (κ1) is 21.5. The van der Waals surface area contributed by atoms with Crippen molar-refractivity contribution in [2.24, 2.45) is 4.99 Å². The van der Waals surface area contributed by atoms with Gasteiger partial charge in [-0.3, -0.25) is 9.79 Å². The van der Waals surface area contributed by atoms with E-state index in [-0.39, 0.29) is 10.8 Å². The second kappa shape index (κ2) is 9.59. The number of fused-ring (bicyclic) bond motifs is 1. The van der Waals surface area contributed by atoms with E-state index in [4.69, 9.17) is 4.74 Å². The van der Waals surface area contributed by atoms with E-state index >= 15 is 0 Å². The van der Waals surface area contributed by atoms with Crippen LogP contribution in [0.2, 0.25) is 0 Å². The van der Waals surface area contributed by atoms with Crippen LogP contribution in [0.25, 0.3) is 0 Å². The minimum Gasteiger partial charge on any atom is -0.379 e. The Kier molecular flexibility index (Phi) is 6.64. The van der Waals surface area contributed by atoms with Crippen molar-refractivity contribution in [1.82, 2.24) is 14.9 Å². The van der Waals surface area contributed by atoms with Crippen LogP contribution < -0.4 is 10.6 Å². The highest BCUT2D eigenvalue weighted by Gasteiger charge is 2.26. The van der Waals surface area contributed by atoms with Crippen LogP contribution in [0.5, 0.6) is 0 Å². The Morgan fingerprint density at radius 3 is 2.55 bits per heavy atom. The molecule has 1 amide bonds. The molecule has 0 radical (unpaired) electrons. The van der Waals surface area contributed by atoms with Crippen LogP contribution in [-0.2, 0) is 21.3 Å². The number of morpholine rings is 1. The molecule has 0 aliphatic carbocycles. The molecule has 2 aliphatic heterocycles. The number of carbonyl (C=O) groups is 1. The van der Waals surface area contributed by atoms with Crippen molar-refractivity contribution in [3.05, 3.63) is 65.2 Å². The molecule has 0 aromatic heterocycles. The van der Waals surface area contributed by atoms with Gasteiger partial charge in [0.05, 0.1) is 24.7 Å². The highest BCUT2D eigenvalue weighted by Crippen LogP contribution is 2.18. The van der Waals surface area contributed by atoms with E-state index in [1.807, 2.05) is 12.1 Å². The number of sulfonamides is 1. The van der Waals surface area contributed by atoms with Crippen molar-refractivity contribution >= 4 is 21.8 Å². The molecule has 0 spiro atoms. The normalized spacial score (nSPS) is 16.5. The molecule has 2 heterocycles. The average molecular weight is 443 g/mol. The molecule has 31 heavy (non-hydrogen) atoms. The molecular weight excluding hydrogens is 416 g/mol. The van der Waals surface area contributed by atoms with Crippen LogP contribution >= 0.6 is 0 Å². The number of aliphatic imine (C=N–C) groups is 1. The first-order valence-corrected chi connectivity index (χ1v) is 11.8. The second-order valence-corrected chi connectivity index (χ2v) is 9.34. The summed E-state index contributed by atoms with van der Waals surface area (Å²) in [5, 5.41) is 6.19. The quantitative estimate of drug-likeness (QED) is 0.631. The van der Waals surface area contributed by atoms with Crippen molar-refractivity contribution < 1.29 is 17.9 Å². The van der Waals surface area contributed by atoms with Gasteiger partial charge in [-0.25, -0.2) is 8.42 Å². The van der Waals surface area contributed by atoms with Crippen molar-refractivity contribution in [3.63, 3.8) is 0 Å². The Balaban J connectivity index is 1.23. The van der Waals surface area contributed by atoms with Crippen LogP contribution in [0.15, 0.2) is 58.4 Å². The zero-order valence-corrected chi connectivity index (χ0v) is 18.0. The van der Waals surface area contributed by atoms with Crippen LogP contribution in [0.3, 0.4) is 0 Å². The summed E-state index contributed by atoms with van der Waals surface area (Å²) >= 11 is 0. The van der Waals surface area contributed by atoms with E-state index in [0.717, 1.165) is 17.8 Å². The van der Waals surface area contributed by atoms with Gasteiger partial charge in [-0.2, -0.15) is 4.31 Å². The van der Waals surface area contributed by atoms with Crippen molar-refractivity contribution in [3.8, 4) is 0 Å². The Hall–Kier alpha value is -2.75. The zero-order chi connectivity index (χ0) is 21.7. The molecule has 1 fully saturated rings. The summed E-state index contributed by atoms with van der Waals surface area (Å²) in [5.74, 6) is 0.679. The molecule has 0 atom stereocenters. The summed E-state index contributed by atoms with van der Waals surface area (Å²) in [6.07, 6.45) is 0.746. The molecule has 2 aromatic rings. The molecule has 2 N–H and O–H groups in total. The third kappa shape index (κ3) is 4.95. The SMILES string of the molecule is O=C(NCCCNC1=NCc2ccccc21)c1ccc(S(=O)(=O)N2CCOCC2)cc1. The van der Waals surface area contributed by atoms with Gasteiger partial charge in [-0.1, -0.05) is 24.3 Å². The topological polar surface area (TPSA) is 100 Å². The molecule has 4 rings (SSSR count). The summed E-state index contributed by atoms with van der Waals surface area (Å²) in [6.45, 7) is 3.39. The van der Waals surface area contributed by atoms with Gasteiger partial charge in [-0.15, -0.1) is 0 Å². The van der Waals surface area contributed by atoms with E-state index in [1.165, 1.54) is 22.0 Å². The molecular formula is C22H26N4O4S. The van der Waals surface area contributed by atoms with Crippen LogP contribution in [0.4, 0.5) is 0 Å². The molecule has 2 aromatic carbocycles. The number of nitrogens with one attached hydrogen (secondary N) is 2. The Bertz CT molecular complexity index is 1060. The van der Waals surface area contributed by atoms with E-state index in [0.29, 0.717) is 51.5 Å². The van der Waals surface area contributed by atoms with Gasteiger partial charge >= 0.3 is 0 Å². The number of ether oxygens (including phenoxy) is 1. The van der Waals surface area contributed by atoms with E-state index < -0.39 is 10.0 Å². The standard InChI is InChI=1S/C22H26N4O4S/c27-22(24-11-3-10-23-21-20-5-2-1-4-18(20)16-25-21)17-6-8-19(9-7-17)31(28,29)26-12-14-30-15-13-26/h1-2,4-9H,3,10-16H2,(H,23,25)(H,24,27). The lowest BCUT2D eigenvalue weighted by atomic mass is 10.1. The largest absolute Gasteiger partial charge is 0.379 e. The van der Waals surface area contributed by atoms with E-state index in [1.54, 1.807) is 12.1 Å². The van der Waals surface area contributed by atoms with Gasteiger partial charge in [0.25, 0.3) is 5.91 Å². The summed E-state index contributed by atoms with van der Waals surface area (Å²) in [4.78, 5) is 17.1. The van der Waals surface area contributed by atoms with Crippen LogP contribution in [-0.4, -0.2) is 63.9 Å². The number of hydrogen-bond acceptors (Lipinski definition) is 6. The second-order valence-electron chi connectivity index (χ2n) is 7.40. The van der Waals surface area contributed by atoms with Crippen molar-refractivity contribution in [1.29, 1.82) is 0 Å².